The summed E-state index contributed by atoms with van der Waals surface area (Å²) in [6.45, 7) is 4.73. The van der Waals surface area contributed by atoms with Crippen LogP contribution in [-0.4, -0.2) is 44.9 Å². The largest absolute Gasteiger partial charge is 0.405 e. The number of aromatic nitrogens is 4. The first-order valence-corrected chi connectivity index (χ1v) is 18.5. The Morgan fingerprint density at radius 2 is 1.13 bits per heavy atom. The molecule has 2 aromatic heterocycles. The minimum atomic E-state index is -4.39. The molecule has 0 amide bonds. The van der Waals surface area contributed by atoms with E-state index in [4.69, 9.17) is 0 Å². The molecule has 2 saturated carbocycles. The summed E-state index contributed by atoms with van der Waals surface area (Å²) in [4.78, 5) is 36.1. The number of hydrogen-bond donors (Lipinski definition) is 1. The lowest BCUT2D eigenvalue weighted by atomic mass is 10.1. The molecule has 0 spiro atoms. The molecular weight excluding hydrogens is 677 g/mol. The molecule has 1 N–H and O–H groups in total. The minimum absolute atomic E-state index is 0.0446. The second-order valence-corrected chi connectivity index (χ2v) is 13.6. The Balaban J connectivity index is 0.000000157. The van der Waals surface area contributed by atoms with E-state index in [1.807, 2.05) is 62.4 Å². The summed E-state index contributed by atoms with van der Waals surface area (Å²) in [5.41, 5.74) is 4.69. The van der Waals surface area contributed by atoms with Gasteiger partial charge in [-0.2, -0.15) is 23.1 Å². The van der Waals surface area contributed by atoms with Crippen LogP contribution in [0.25, 0.3) is 33.2 Å². The van der Waals surface area contributed by atoms with Gasteiger partial charge in [-0.15, -0.1) is 0 Å². The van der Waals surface area contributed by atoms with E-state index in [0.717, 1.165) is 53.9 Å². The molecule has 8 nitrogen and oxygen atoms in total. The SMILES string of the molecule is CC.O=c1nc(N2CCCC2)c2ccc(C3CC3)cc2n1-c1ccccc1.O=c1nc(NCC(F)(F)F)c2ccc(C3CC3)cc2n1-c1ccccc1. The van der Waals surface area contributed by atoms with Gasteiger partial charge in [-0.05, 0) is 110 Å². The third-order valence-corrected chi connectivity index (χ3v) is 9.80. The average Bonchev–Trinajstić information content (AvgIpc) is 4.13. The number of hydrogen-bond acceptors (Lipinski definition) is 6. The molecule has 1 saturated heterocycles. The zero-order valence-electron chi connectivity index (χ0n) is 29.9. The quantitative estimate of drug-likeness (QED) is 0.177. The van der Waals surface area contributed by atoms with E-state index in [1.54, 1.807) is 34.9 Å². The topological polar surface area (TPSA) is 85.1 Å². The molecule has 1 aliphatic heterocycles. The molecule has 2 aliphatic carbocycles. The number of alkyl halides is 3. The fourth-order valence-electron chi connectivity index (χ4n) is 6.95. The van der Waals surface area contributed by atoms with Gasteiger partial charge in [0.25, 0.3) is 0 Å². The molecule has 274 valence electrons. The van der Waals surface area contributed by atoms with Gasteiger partial charge in [0.15, 0.2) is 0 Å². The molecule has 0 bridgehead atoms. The highest BCUT2D eigenvalue weighted by Crippen LogP contribution is 2.42. The van der Waals surface area contributed by atoms with Crippen LogP contribution >= 0.6 is 0 Å². The lowest BCUT2D eigenvalue weighted by molar-refractivity contribution is -0.115. The van der Waals surface area contributed by atoms with Gasteiger partial charge < -0.3 is 10.2 Å². The van der Waals surface area contributed by atoms with Crippen LogP contribution in [-0.2, 0) is 0 Å². The maximum Gasteiger partial charge on any atom is 0.405 e. The predicted octanol–water partition coefficient (Wildman–Crippen LogP) is 9.13. The van der Waals surface area contributed by atoms with Crippen molar-refractivity contribution in [1.29, 1.82) is 0 Å². The summed E-state index contributed by atoms with van der Waals surface area (Å²) in [5, 5.41) is 3.83. The third kappa shape index (κ3) is 7.99. The molecule has 0 radical (unpaired) electrons. The number of fused-ring (bicyclic) bond motifs is 2. The lowest BCUT2D eigenvalue weighted by Crippen LogP contribution is -2.28. The van der Waals surface area contributed by atoms with Gasteiger partial charge in [0.05, 0.1) is 22.4 Å². The fourth-order valence-corrected chi connectivity index (χ4v) is 6.95. The highest BCUT2D eigenvalue weighted by molar-refractivity contribution is 5.92. The average molecular weight is 721 g/mol. The zero-order valence-corrected chi connectivity index (χ0v) is 29.9. The van der Waals surface area contributed by atoms with Crippen molar-refractivity contribution in [2.24, 2.45) is 0 Å². The summed E-state index contributed by atoms with van der Waals surface area (Å²) in [7, 11) is 0. The van der Waals surface area contributed by atoms with E-state index in [1.165, 1.54) is 35.8 Å². The van der Waals surface area contributed by atoms with Gasteiger partial charge in [0, 0.05) is 23.9 Å². The van der Waals surface area contributed by atoms with Crippen LogP contribution in [0.5, 0.6) is 0 Å². The first-order chi connectivity index (χ1) is 25.7. The highest BCUT2D eigenvalue weighted by atomic mass is 19.4. The smallest absolute Gasteiger partial charge is 0.360 e. The van der Waals surface area contributed by atoms with Crippen LogP contribution in [0.4, 0.5) is 24.8 Å². The summed E-state index contributed by atoms with van der Waals surface area (Å²) in [5.74, 6) is 1.93. The molecule has 4 aromatic carbocycles. The Labute approximate surface area is 305 Å². The van der Waals surface area contributed by atoms with E-state index >= 15 is 0 Å². The third-order valence-electron chi connectivity index (χ3n) is 9.80. The summed E-state index contributed by atoms with van der Waals surface area (Å²) < 4.78 is 41.0. The molecule has 0 unspecified atom stereocenters. The zero-order chi connectivity index (χ0) is 37.1. The minimum Gasteiger partial charge on any atom is -0.360 e. The van der Waals surface area contributed by atoms with E-state index in [2.05, 4.69) is 38.4 Å². The summed E-state index contributed by atoms with van der Waals surface area (Å²) in [6.07, 6.45) is 2.64. The van der Waals surface area contributed by atoms with Gasteiger partial charge >= 0.3 is 17.6 Å². The van der Waals surface area contributed by atoms with E-state index in [-0.39, 0.29) is 11.5 Å². The summed E-state index contributed by atoms with van der Waals surface area (Å²) in [6, 6.07) is 31.0. The van der Waals surface area contributed by atoms with E-state index in [0.29, 0.717) is 28.4 Å². The van der Waals surface area contributed by atoms with Crippen molar-refractivity contribution in [2.75, 3.05) is 29.9 Å². The summed E-state index contributed by atoms with van der Waals surface area (Å²) >= 11 is 0. The van der Waals surface area contributed by atoms with E-state index in [9.17, 15) is 22.8 Å². The number of para-hydroxylation sites is 2. The molecule has 3 heterocycles. The number of benzene rings is 4. The van der Waals surface area contributed by atoms with Crippen molar-refractivity contribution < 1.29 is 13.2 Å². The lowest BCUT2D eigenvalue weighted by Gasteiger charge is -2.20. The van der Waals surface area contributed by atoms with Crippen molar-refractivity contribution in [3.8, 4) is 11.4 Å². The number of rotatable bonds is 7. The molecule has 9 rings (SSSR count). The first-order valence-electron chi connectivity index (χ1n) is 18.5. The van der Waals surface area contributed by atoms with Gasteiger partial charge in [-0.1, -0.05) is 62.4 Å². The first kappa shape index (κ1) is 35.9. The predicted molar refractivity (Wildman–Crippen MR) is 206 cm³/mol. The maximum absolute atomic E-state index is 12.9. The standard InChI is InChI=1S/C21H21N3O.C19H16F3N3O.C2H6/c25-21-22-20(23-12-4-5-13-23)18-11-10-16(15-8-9-15)14-19(18)24(21)17-6-2-1-3-7-17;20-19(21,22)11-23-17-15-9-8-13(12-6-7-12)10-16(15)25(18(26)24-17)14-4-2-1-3-5-14;1-2/h1-3,6-7,10-11,14-15H,4-5,8-9,12-13H2;1-5,8-10,12H,6-7,11H2,(H,23,24,26);1-2H3. The van der Waals surface area contributed by atoms with Crippen molar-refractivity contribution >= 4 is 33.4 Å². The van der Waals surface area contributed by atoms with Gasteiger partial charge in [-0.3, -0.25) is 9.13 Å². The normalized spacial score (nSPS) is 15.5. The van der Waals surface area contributed by atoms with Gasteiger partial charge in [0.2, 0.25) is 0 Å². The van der Waals surface area contributed by atoms with Crippen LogP contribution in [0.2, 0.25) is 0 Å². The van der Waals surface area contributed by atoms with Gasteiger partial charge in [-0.25, -0.2) is 9.59 Å². The van der Waals surface area contributed by atoms with Crippen molar-refractivity contribution in [2.45, 2.75) is 70.4 Å². The number of nitrogens with one attached hydrogen (secondary N) is 1. The molecular formula is C42H43F3N6O2. The Bertz CT molecular complexity index is 2330. The fraction of sp³-hybridized carbons (Fsp3) is 0.333. The van der Waals surface area contributed by atoms with Crippen LogP contribution in [0.15, 0.2) is 107 Å². The highest BCUT2D eigenvalue weighted by Gasteiger charge is 2.29. The Morgan fingerprint density at radius 3 is 1.62 bits per heavy atom. The Hall–Kier alpha value is -5.45. The van der Waals surface area contributed by atoms with Crippen molar-refractivity contribution in [3.05, 3.63) is 129 Å². The van der Waals surface area contributed by atoms with Gasteiger partial charge in [0.1, 0.15) is 18.2 Å². The maximum atomic E-state index is 12.9. The second kappa shape index (κ2) is 15.3. The monoisotopic (exact) mass is 720 g/mol. The molecule has 6 aromatic rings. The van der Waals surface area contributed by atoms with Crippen LogP contribution in [0.1, 0.15) is 75.3 Å². The number of halogens is 3. The van der Waals surface area contributed by atoms with Crippen molar-refractivity contribution in [3.63, 3.8) is 0 Å². The molecule has 11 heteroatoms. The molecule has 3 fully saturated rings. The molecule has 53 heavy (non-hydrogen) atoms. The Morgan fingerprint density at radius 1 is 0.660 bits per heavy atom. The van der Waals surface area contributed by atoms with E-state index < -0.39 is 18.4 Å². The number of anilines is 2. The van der Waals surface area contributed by atoms with Crippen LogP contribution < -0.4 is 21.6 Å². The van der Waals surface area contributed by atoms with Crippen LogP contribution in [0, 0.1) is 0 Å². The van der Waals surface area contributed by atoms with Crippen molar-refractivity contribution in [1.82, 2.24) is 19.1 Å². The molecule has 0 atom stereocenters. The van der Waals surface area contributed by atoms with Crippen LogP contribution in [0.3, 0.4) is 0 Å². The number of nitrogens with zero attached hydrogens (tertiary/aromatic N) is 5. The second-order valence-electron chi connectivity index (χ2n) is 13.6. The molecule has 3 aliphatic rings. The Kier molecular flexibility index (Phi) is 10.3.